The van der Waals surface area contributed by atoms with E-state index >= 15 is 0 Å². The molecular formula is C39H40N6O4. The highest BCUT2D eigenvalue weighted by molar-refractivity contribution is 6.21. The van der Waals surface area contributed by atoms with Gasteiger partial charge < -0.3 is 15.7 Å². The molecule has 0 aromatic heterocycles. The standard InChI is InChI=1S/C39H40N6O4/c1-7-23-19(3)27-16-29-21(5)25(9-10-34(47)40-13-14-45-35(48)11-12-36(45)49)38(43-29)26-15-33(46)37-22(6)30(44-39(26)37)18-32-24(8-2)20(4)28(42-32)17-31(23)41-27/h7,11-12,16-18,21,25,43,46H,1,8-10,13-15H2,2-6H3,(H,40,47)/t21-,25-/m0/s1. The molecule has 0 unspecified atom stereocenters. The van der Waals surface area contributed by atoms with Crippen LogP contribution in [0.3, 0.4) is 0 Å². The molecule has 1 saturated heterocycles. The van der Waals surface area contributed by atoms with E-state index in [0.29, 0.717) is 12.8 Å². The van der Waals surface area contributed by atoms with Gasteiger partial charge in [-0.2, -0.15) is 0 Å². The van der Waals surface area contributed by atoms with Gasteiger partial charge in [0.2, 0.25) is 5.91 Å². The first-order valence-electron chi connectivity index (χ1n) is 16.9. The summed E-state index contributed by atoms with van der Waals surface area (Å²) in [4.78, 5) is 53.2. The second kappa shape index (κ2) is 12.3. The van der Waals surface area contributed by atoms with E-state index in [9.17, 15) is 19.5 Å². The van der Waals surface area contributed by atoms with E-state index in [1.54, 1.807) is 0 Å². The van der Waals surface area contributed by atoms with Crippen LogP contribution in [0.15, 0.2) is 131 Å². The molecule has 1 fully saturated rings. The number of imide groups is 1. The first kappa shape index (κ1) is 32.2. The zero-order chi connectivity index (χ0) is 34.7. The molecule has 0 spiro atoms. The van der Waals surface area contributed by atoms with Crippen LogP contribution in [0.5, 0.6) is 0 Å². The summed E-state index contributed by atoms with van der Waals surface area (Å²) >= 11 is 0. The number of hydrogen-bond acceptors (Lipinski definition) is 8. The van der Waals surface area contributed by atoms with E-state index in [-0.39, 0.29) is 54.8 Å². The highest BCUT2D eigenvalue weighted by atomic mass is 16.3. The van der Waals surface area contributed by atoms with Crippen LogP contribution in [-0.4, -0.2) is 58.0 Å². The van der Waals surface area contributed by atoms with Gasteiger partial charge in [-0.1, -0.05) is 26.5 Å². The van der Waals surface area contributed by atoms with Gasteiger partial charge in [0.15, 0.2) is 0 Å². The summed E-state index contributed by atoms with van der Waals surface area (Å²) in [6, 6.07) is 0. The van der Waals surface area contributed by atoms with Crippen LogP contribution in [0.4, 0.5) is 0 Å². The number of nitrogens with zero attached hydrogens (tertiary/aromatic N) is 4. The number of hydrogen-bond donors (Lipinski definition) is 3. The molecular weight excluding hydrogens is 616 g/mol. The molecule has 3 amide bonds. The first-order chi connectivity index (χ1) is 23.5. The molecule has 1 aliphatic carbocycles. The Bertz CT molecular complexity index is 2030. The molecule has 7 aliphatic rings. The van der Waals surface area contributed by atoms with Crippen LogP contribution in [0, 0.1) is 11.8 Å². The predicted molar refractivity (Wildman–Crippen MR) is 190 cm³/mol. The van der Waals surface area contributed by atoms with Crippen LogP contribution in [0.25, 0.3) is 0 Å². The smallest absolute Gasteiger partial charge is 0.253 e. The summed E-state index contributed by atoms with van der Waals surface area (Å²) in [5, 5.41) is 17.9. The molecule has 8 bridgehead atoms. The van der Waals surface area contributed by atoms with Gasteiger partial charge in [-0.15, -0.1) is 0 Å². The summed E-state index contributed by atoms with van der Waals surface area (Å²) < 4.78 is 0. The number of amides is 3. The lowest BCUT2D eigenvalue weighted by Gasteiger charge is -2.18. The summed E-state index contributed by atoms with van der Waals surface area (Å²) in [5.41, 5.74) is 13.7. The van der Waals surface area contributed by atoms with Gasteiger partial charge in [-0.25, -0.2) is 15.0 Å². The minimum atomic E-state index is -0.369. The van der Waals surface area contributed by atoms with Crippen LogP contribution in [0.2, 0.25) is 0 Å². The monoisotopic (exact) mass is 656 g/mol. The first-order valence-corrected chi connectivity index (χ1v) is 16.9. The Labute approximate surface area is 285 Å². The van der Waals surface area contributed by atoms with Gasteiger partial charge in [0.05, 0.1) is 34.2 Å². The topological polar surface area (TPSA) is 136 Å². The molecule has 0 aromatic rings. The SMILES string of the molecule is C=CC1=C(C)C2=NC1=CC1=NC(=CC3=C(C)C4=C(O)CC(=C5NC(=C2)[C@@H](C)[C@@H]5CCC(=O)NCCN2C(=O)C=CC2=O)C4=N3)C(CC)=C1C. The maximum atomic E-state index is 13.0. The molecule has 6 aliphatic heterocycles. The third-order valence-electron chi connectivity index (χ3n) is 10.5. The fraction of sp³-hybridized carbons (Fsp3) is 0.333. The molecule has 250 valence electrons. The predicted octanol–water partition coefficient (Wildman–Crippen LogP) is 5.67. The number of aliphatic imine (C=N–C) groups is 3. The number of aliphatic hydroxyl groups is 1. The van der Waals surface area contributed by atoms with Crippen molar-refractivity contribution < 1.29 is 19.5 Å². The third-order valence-corrected chi connectivity index (χ3v) is 10.5. The van der Waals surface area contributed by atoms with E-state index in [4.69, 9.17) is 15.0 Å². The second-order valence-electron chi connectivity index (χ2n) is 13.3. The van der Waals surface area contributed by atoms with Crippen molar-refractivity contribution in [3.63, 3.8) is 0 Å². The summed E-state index contributed by atoms with van der Waals surface area (Å²) in [5.74, 6) is -0.664. The zero-order valence-electron chi connectivity index (χ0n) is 28.5. The minimum absolute atomic E-state index is 0.00845. The Kier molecular flexibility index (Phi) is 8.05. The van der Waals surface area contributed by atoms with E-state index in [2.05, 4.69) is 51.0 Å². The largest absolute Gasteiger partial charge is 0.511 e. The van der Waals surface area contributed by atoms with Crippen molar-refractivity contribution in [1.29, 1.82) is 0 Å². The lowest BCUT2D eigenvalue weighted by Crippen LogP contribution is -2.38. The lowest BCUT2D eigenvalue weighted by molar-refractivity contribution is -0.137. The number of fused-ring (bicyclic) bond motifs is 5. The van der Waals surface area contributed by atoms with Crippen LogP contribution in [-0.2, 0) is 14.4 Å². The number of nitrogens with one attached hydrogen (secondary N) is 2. The van der Waals surface area contributed by atoms with Gasteiger partial charge in [0, 0.05) is 78.0 Å². The van der Waals surface area contributed by atoms with Gasteiger partial charge in [-0.05, 0) is 74.1 Å². The van der Waals surface area contributed by atoms with E-state index in [0.717, 1.165) is 96.0 Å². The highest BCUT2D eigenvalue weighted by Gasteiger charge is 2.41. The van der Waals surface area contributed by atoms with Crippen molar-refractivity contribution in [2.75, 3.05) is 13.1 Å². The number of rotatable bonds is 8. The Hall–Kier alpha value is -5.38. The van der Waals surface area contributed by atoms with Crippen LogP contribution in [0.1, 0.15) is 60.3 Å². The fourth-order valence-corrected chi connectivity index (χ4v) is 7.72. The molecule has 10 heteroatoms. The summed E-state index contributed by atoms with van der Waals surface area (Å²) in [6.45, 7) is 14.8. The highest BCUT2D eigenvalue weighted by Crippen LogP contribution is 2.46. The molecule has 7 rings (SSSR count). The van der Waals surface area contributed by atoms with Crippen molar-refractivity contribution in [2.45, 2.75) is 60.3 Å². The quantitative estimate of drug-likeness (QED) is 0.290. The van der Waals surface area contributed by atoms with Crippen molar-refractivity contribution in [1.82, 2.24) is 15.5 Å². The van der Waals surface area contributed by atoms with E-state index < -0.39 is 0 Å². The third kappa shape index (κ3) is 5.35. The maximum Gasteiger partial charge on any atom is 0.253 e. The summed E-state index contributed by atoms with van der Waals surface area (Å²) in [6.07, 6.45) is 12.4. The normalized spacial score (nSPS) is 24.2. The van der Waals surface area contributed by atoms with E-state index in [1.165, 1.54) is 12.2 Å². The van der Waals surface area contributed by atoms with Crippen LogP contribution >= 0.6 is 0 Å². The molecule has 0 radical (unpaired) electrons. The van der Waals surface area contributed by atoms with E-state index in [1.807, 2.05) is 25.2 Å². The Morgan fingerprint density at radius 3 is 2.47 bits per heavy atom. The van der Waals surface area contributed by atoms with Gasteiger partial charge in [-0.3, -0.25) is 19.3 Å². The molecule has 0 aromatic carbocycles. The number of carbonyl (C=O) groups is 3. The number of carbonyl (C=O) groups excluding carboxylic acids is 3. The Morgan fingerprint density at radius 1 is 1.04 bits per heavy atom. The molecule has 2 atom stereocenters. The minimum Gasteiger partial charge on any atom is -0.511 e. The molecule has 3 N–H and O–H groups in total. The van der Waals surface area contributed by atoms with Crippen molar-refractivity contribution in [2.24, 2.45) is 26.8 Å². The average Bonchev–Trinajstić information content (AvgIpc) is 3.88. The van der Waals surface area contributed by atoms with Gasteiger partial charge >= 0.3 is 0 Å². The fourth-order valence-electron chi connectivity index (χ4n) is 7.72. The second-order valence-corrected chi connectivity index (χ2v) is 13.3. The van der Waals surface area contributed by atoms with Crippen molar-refractivity contribution in [3.8, 4) is 0 Å². The maximum absolute atomic E-state index is 13.0. The molecule has 6 heterocycles. The van der Waals surface area contributed by atoms with Crippen LogP contribution < -0.4 is 10.6 Å². The summed E-state index contributed by atoms with van der Waals surface area (Å²) in [7, 11) is 0. The Balaban J connectivity index is 1.26. The number of allylic oxidation sites excluding steroid dienone is 12. The average molecular weight is 657 g/mol. The molecule has 10 nitrogen and oxygen atoms in total. The Morgan fingerprint density at radius 2 is 1.76 bits per heavy atom. The molecule has 0 saturated carbocycles. The van der Waals surface area contributed by atoms with Crippen molar-refractivity contribution in [3.05, 3.63) is 116 Å². The zero-order valence-corrected chi connectivity index (χ0v) is 28.5. The molecule has 49 heavy (non-hydrogen) atoms. The number of aliphatic hydroxyl groups excluding tert-OH is 1. The van der Waals surface area contributed by atoms with Gasteiger partial charge in [0.1, 0.15) is 5.76 Å². The van der Waals surface area contributed by atoms with Crippen molar-refractivity contribution >= 4 is 34.9 Å². The van der Waals surface area contributed by atoms with Gasteiger partial charge in [0.25, 0.3) is 11.8 Å². The lowest BCUT2D eigenvalue weighted by atomic mass is 9.86.